The van der Waals surface area contributed by atoms with Gasteiger partial charge in [0.1, 0.15) is 18.2 Å². The summed E-state index contributed by atoms with van der Waals surface area (Å²) in [6, 6.07) is 9.70. The van der Waals surface area contributed by atoms with E-state index in [1.807, 2.05) is 37.3 Å². The molecule has 0 radical (unpaired) electrons. The van der Waals surface area contributed by atoms with Crippen LogP contribution in [0.1, 0.15) is 62.6 Å². The number of fused-ring (bicyclic) bond motifs is 2. The van der Waals surface area contributed by atoms with Gasteiger partial charge in [-0.1, -0.05) is 27.7 Å². The largest absolute Gasteiger partial charge is 0.497 e. The second-order valence-electron chi connectivity index (χ2n) is 8.68. The molecular formula is C26H30N4O3. The van der Waals surface area contributed by atoms with Crippen LogP contribution in [0.25, 0.3) is 21.8 Å². The summed E-state index contributed by atoms with van der Waals surface area (Å²) < 4.78 is 17.2. The van der Waals surface area contributed by atoms with Gasteiger partial charge in [0.15, 0.2) is 17.3 Å². The number of aromatic nitrogens is 4. The van der Waals surface area contributed by atoms with E-state index in [9.17, 15) is 0 Å². The molecule has 0 aliphatic carbocycles. The van der Waals surface area contributed by atoms with Crippen LogP contribution >= 0.6 is 0 Å². The molecule has 0 N–H and O–H groups in total. The van der Waals surface area contributed by atoms with Crippen LogP contribution in [0.2, 0.25) is 0 Å². The molecule has 4 aromatic rings. The Bertz CT molecular complexity index is 1320. The Morgan fingerprint density at radius 2 is 1.42 bits per heavy atom. The van der Waals surface area contributed by atoms with Crippen molar-refractivity contribution in [2.24, 2.45) is 0 Å². The number of methoxy groups -OCH3 is 2. The van der Waals surface area contributed by atoms with Gasteiger partial charge < -0.3 is 14.2 Å². The highest BCUT2D eigenvalue weighted by molar-refractivity contribution is 5.85. The highest BCUT2D eigenvalue weighted by Crippen LogP contribution is 2.35. The third kappa shape index (κ3) is 4.53. The fourth-order valence-corrected chi connectivity index (χ4v) is 3.95. The molecule has 0 saturated carbocycles. The SMILES string of the molecule is COc1ccc2nc(COc3cc4nc(C)nc(C(C)C)c4cc3OC)nc(C(C)C)c2c1. The van der Waals surface area contributed by atoms with Crippen LogP contribution in [0.4, 0.5) is 0 Å². The van der Waals surface area contributed by atoms with E-state index >= 15 is 0 Å². The van der Waals surface area contributed by atoms with E-state index in [1.54, 1.807) is 14.2 Å². The zero-order valence-corrected chi connectivity index (χ0v) is 20.3. The summed E-state index contributed by atoms with van der Waals surface area (Å²) >= 11 is 0. The first kappa shape index (κ1) is 22.7. The number of hydrogen-bond donors (Lipinski definition) is 0. The number of benzene rings is 2. The zero-order valence-electron chi connectivity index (χ0n) is 20.3. The molecule has 2 aromatic heterocycles. The fraction of sp³-hybridized carbons (Fsp3) is 0.385. The first-order valence-corrected chi connectivity index (χ1v) is 11.1. The fourth-order valence-electron chi connectivity index (χ4n) is 3.95. The van der Waals surface area contributed by atoms with Gasteiger partial charge in [0.25, 0.3) is 0 Å². The van der Waals surface area contributed by atoms with E-state index in [2.05, 4.69) is 37.7 Å². The van der Waals surface area contributed by atoms with Crippen LogP contribution in [0.15, 0.2) is 30.3 Å². The lowest BCUT2D eigenvalue weighted by molar-refractivity contribution is 0.277. The maximum Gasteiger partial charge on any atom is 0.166 e. The van der Waals surface area contributed by atoms with Crippen molar-refractivity contribution in [1.82, 2.24) is 19.9 Å². The molecule has 0 aliphatic heterocycles. The molecule has 7 heteroatoms. The Labute approximate surface area is 194 Å². The predicted molar refractivity (Wildman–Crippen MR) is 129 cm³/mol. The summed E-state index contributed by atoms with van der Waals surface area (Å²) in [6.07, 6.45) is 0. The third-order valence-corrected chi connectivity index (χ3v) is 5.55. The Morgan fingerprint density at radius 1 is 0.727 bits per heavy atom. The lowest BCUT2D eigenvalue weighted by atomic mass is 10.0. The summed E-state index contributed by atoms with van der Waals surface area (Å²) in [4.78, 5) is 18.8. The zero-order chi connectivity index (χ0) is 23.7. The van der Waals surface area contributed by atoms with Crippen molar-refractivity contribution in [2.75, 3.05) is 14.2 Å². The quantitative estimate of drug-likeness (QED) is 0.359. The lowest BCUT2D eigenvalue weighted by Gasteiger charge is -2.16. The summed E-state index contributed by atoms with van der Waals surface area (Å²) in [6.45, 7) is 10.6. The van der Waals surface area contributed by atoms with Gasteiger partial charge in [0.2, 0.25) is 0 Å². The van der Waals surface area contributed by atoms with E-state index in [0.717, 1.165) is 44.8 Å². The number of nitrogens with zero attached hydrogens (tertiary/aromatic N) is 4. The molecule has 33 heavy (non-hydrogen) atoms. The molecule has 0 saturated heterocycles. The summed E-state index contributed by atoms with van der Waals surface area (Å²) in [5, 5.41) is 1.96. The number of rotatable bonds is 7. The molecule has 172 valence electrons. The van der Waals surface area contributed by atoms with Gasteiger partial charge in [-0.2, -0.15) is 0 Å². The molecule has 0 fully saturated rings. The van der Waals surface area contributed by atoms with Crippen LogP contribution in [0.3, 0.4) is 0 Å². The maximum atomic E-state index is 6.16. The van der Waals surface area contributed by atoms with Crippen LogP contribution in [0.5, 0.6) is 17.2 Å². The van der Waals surface area contributed by atoms with Crippen LogP contribution in [-0.2, 0) is 6.61 Å². The maximum absolute atomic E-state index is 6.16. The minimum Gasteiger partial charge on any atom is -0.497 e. The van der Waals surface area contributed by atoms with Crippen molar-refractivity contribution in [2.45, 2.75) is 53.1 Å². The van der Waals surface area contributed by atoms with Gasteiger partial charge in [-0.3, -0.25) is 0 Å². The van der Waals surface area contributed by atoms with Crippen molar-refractivity contribution < 1.29 is 14.2 Å². The second kappa shape index (κ2) is 9.17. The topological polar surface area (TPSA) is 79.2 Å². The molecule has 0 unspecified atom stereocenters. The molecule has 0 bridgehead atoms. The van der Waals surface area contributed by atoms with Crippen LogP contribution in [0, 0.1) is 6.92 Å². The molecule has 0 aliphatic rings. The minimum atomic E-state index is 0.213. The van der Waals surface area contributed by atoms with Crippen LogP contribution in [-0.4, -0.2) is 34.2 Å². The van der Waals surface area contributed by atoms with Gasteiger partial charge in [0.05, 0.1) is 36.6 Å². The average Bonchev–Trinajstić information content (AvgIpc) is 2.80. The molecule has 7 nitrogen and oxygen atoms in total. The molecule has 0 amide bonds. The second-order valence-corrected chi connectivity index (χ2v) is 8.68. The minimum absolute atomic E-state index is 0.213. The Hall–Kier alpha value is -3.48. The molecule has 4 rings (SSSR count). The van der Waals surface area contributed by atoms with Crippen molar-refractivity contribution in [3.05, 3.63) is 53.4 Å². The first-order chi connectivity index (χ1) is 15.8. The highest BCUT2D eigenvalue weighted by Gasteiger charge is 2.16. The summed E-state index contributed by atoms with van der Waals surface area (Å²) in [5.74, 6) is 3.86. The van der Waals surface area contributed by atoms with E-state index in [0.29, 0.717) is 17.3 Å². The van der Waals surface area contributed by atoms with Gasteiger partial charge in [-0.25, -0.2) is 19.9 Å². The summed E-state index contributed by atoms with van der Waals surface area (Å²) in [7, 11) is 3.29. The smallest absolute Gasteiger partial charge is 0.166 e. The van der Waals surface area contributed by atoms with Gasteiger partial charge in [-0.05, 0) is 43.0 Å². The van der Waals surface area contributed by atoms with Crippen molar-refractivity contribution in [3.63, 3.8) is 0 Å². The molecule has 0 spiro atoms. The summed E-state index contributed by atoms with van der Waals surface area (Å²) in [5.41, 5.74) is 3.66. The number of hydrogen-bond acceptors (Lipinski definition) is 7. The Morgan fingerprint density at radius 3 is 2.09 bits per heavy atom. The van der Waals surface area contributed by atoms with Gasteiger partial charge >= 0.3 is 0 Å². The molecule has 2 aromatic carbocycles. The van der Waals surface area contributed by atoms with E-state index in [1.165, 1.54) is 0 Å². The average molecular weight is 447 g/mol. The van der Waals surface area contributed by atoms with Crippen molar-refractivity contribution >= 4 is 21.8 Å². The molecular weight excluding hydrogens is 416 g/mol. The van der Waals surface area contributed by atoms with E-state index in [-0.39, 0.29) is 18.4 Å². The van der Waals surface area contributed by atoms with Crippen LogP contribution < -0.4 is 14.2 Å². The molecule has 0 atom stereocenters. The van der Waals surface area contributed by atoms with E-state index < -0.39 is 0 Å². The van der Waals surface area contributed by atoms with Gasteiger partial charge in [-0.15, -0.1) is 0 Å². The lowest BCUT2D eigenvalue weighted by Crippen LogP contribution is -2.07. The Kier molecular flexibility index (Phi) is 6.31. The Balaban J connectivity index is 1.72. The van der Waals surface area contributed by atoms with Crippen molar-refractivity contribution in [1.29, 1.82) is 0 Å². The monoisotopic (exact) mass is 446 g/mol. The number of aryl methyl sites for hydroxylation is 1. The molecule has 2 heterocycles. The van der Waals surface area contributed by atoms with Gasteiger partial charge in [0, 0.05) is 16.8 Å². The first-order valence-electron chi connectivity index (χ1n) is 11.1. The normalized spacial score (nSPS) is 11.5. The predicted octanol–water partition coefficient (Wildman–Crippen LogP) is 5.72. The third-order valence-electron chi connectivity index (χ3n) is 5.55. The number of ether oxygens (including phenoxy) is 3. The standard InChI is InChI=1S/C26H30N4O3/c1-14(2)25-19-11-22(32-7)23(12-21(19)27-16(5)28-25)33-13-24-29-20-9-8-17(31-6)10-18(20)26(30-24)15(3)4/h8-12,14-15H,13H2,1-7H3. The van der Waals surface area contributed by atoms with Crippen molar-refractivity contribution in [3.8, 4) is 17.2 Å². The highest BCUT2D eigenvalue weighted by atomic mass is 16.5. The van der Waals surface area contributed by atoms with E-state index in [4.69, 9.17) is 24.2 Å².